The number of H-pyrrole nitrogens is 1. The summed E-state index contributed by atoms with van der Waals surface area (Å²) in [7, 11) is 2.01. The summed E-state index contributed by atoms with van der Waals surface area (Å²) >= 11 is 0. The predicted molar refractivity (Wildman–Crippen MR) is 139 cm³/mol. The van der Waals surface area contributed by atoms with Crippen LogP contribution in [0.25, 0.3) is 32.8 Å². The summed E-state index contributed by atoms with van der Waals surface area (Å²) < 4.78 is 2.08. The zero-order valence-electron chi connectivity index (χ0n) is 19.5. The third-order valence-corrected chi connectivity index (χ3v) is 6.70. The van der Waals surface area contributed by atoms with Gasteiger partial charge in [-0.05, 0) is 42.3 Å². The largest absolute Gasteiger partial charge is 0.361 e. The topological polar surface area (TPSA) is 66.8 Å². The number of aromatic amines is 1. The van der Waals surface area contributed by atoms with Crippen molar-refractivity contribution in [1.29, 1.82) is 0 Å². The molecule has 6 nitrogen and oxygen atoms in total. The minimum atomic E-state index is -0.0181. The van der Waals surface area contributed by atoms with Crippen molar-refractivity contribution in [2.45, 2.75) is 13.0 Å². The van der Waals surface area contributed by atoms with Crippen LogP contribution in [-0.2, 0) is 20.0 Å². The van der Waals surface area contributed by atoms with Gasteiger partial charge in [-0.25, -0.2) is 4.98 Å². The van der Waals surface area contributed by atoms with E-state index in [1.807, 2.05) is 78.8 Å². The average molecular weight is 460 g/mol. The Kier molecular flexibility index (Phi) is 5.26. The fourth-order valence-corrected chi connectivity index (χ4v) is 4.81. The first kappa shape index (κ1) is 21.1. The second kappa shape index (κ2) is 8.72. The zero-order chi connectivity index (χ0) is 23.8. The maximum absolute atomic E-state index is 14.0. The number of hydrogen-bond acceptors (Lipinski definition) is 3. The molecule has 1 N–H and O–H groups in total. The molecule has 0 unspecified atom stereocenters. The van der Waals surface area contributed by atoms with Crippen LogP contribution in [-0.4, -0.2) is 36.9 Å². The fraction of sp³-hybridized carbons (Fsp3) is 0.138. The highest BCUT2D eigenvalue weighted by Crippen LogP contribution is 2.23. The lowest BCUT2D eigenvalue weighted by molar-refractivity contribution is 0.0742. The van der Waals surface area contributed by atoms with Gasteiger partial charge < -0.3 is 14.5 Å². The van der Waals surface area contributed by atoms with Crippen molar-refractivity contribution >= 4 is 38.7 Å². The summed E-state index contributed by atoms with van der Waals surface area (Å²) in [5, 5.41) is 2.05. The summed E-state index contributed by atoms with van der Waals surface area (Å²) in [6, 6.07) is 25.9. The Labute approximate surface area is 202 Å². The lowest BCUT2D eigenvalue weighted by atomic mass is 10.1. The number of rotatable bonds is 6. The smallest absolute Gasteiger partial charge is 0.255 e. The Balaban J connectivity index is 1.37. The van der Waals surface area contributed by atoms with Gasteiger partial charge in [-0.15, -0.1) is 0 Å². The highest BCUT2D eigenvalue weighted by Gasteiger charge is 2.21. The number of imidazole rings is 1. The highest BCUT2D eigenvalue weighted by molar-refractivity contribution is 6.06. The number of benzene rings is 3. The molecule has 3 aromatic heterocycles. The van der Waals surface area contributed by atoms with E-state index >= 15 is 0 Å². The lowest BCUT2D eigenvalue weighted by Crippen LogP contribution is -2.33. The summed E-state index contributed by atoms with van der Waals surface area (Å²) in [6.07, 6.45) is 4.50. The molecule has 0 saturated heterocycles. The molecule has 0 saturated carbocycles. The molecular formula is C29H25N5O. The van der Waals surface area contributed by atoms with Gasteiger partial charge in [-0.2, -0.15) is 0 Å². The molecule has 6 rings (SSSR count). The summed E-state index contributed by atoms with van der Waals surface area (Å²) in [5.41, 5.74) is 5.77. The van der Waals surface area contributed by atoms with Crippen LogP contribution < -0.4 is 0 Å². The number of para-hydroxylation sites is 4. The Hall–Kier alpha value is -4.45. The van der Waals surface area contributed by atoms with Crippen LogP contribution in [0.4, 0.5) is 0 Å². The summed E-state index contributed by atoms with van der Waals surface area (Å²) in [4.78, 5) is 28.5. The first-order chi connectivity index (χ1) is 17.2. The van der Waals surface area contributed by atoms with Crippen LogP contribution in [0.5, 0.6) is 0 Å². The van der Waals surface area contributed by atoms with Gasteiger partial charge in [0.05, 0.1) is 28.7 Å². The first-order valence-electron chi connectivity index (χ1n) is 11.8. The standard InChI is InChI=1S/C29H25N5O/c1-33-27-13-7-6-12-26(27)32-28(33)19-34(17-15-20-18-31-24-10-4-2-8-21(20)24)29(35)23-14-16-30-25-11-5-3-9-22(23)25/h2-14,16,18,31H,15,17,19H2,1H3. The molecule has 0 aliphatic rings. The van der Waals surface area contributed by atoms with Gasteiger partial charge in [0.25, 0.3) is 5.91 Å². The molecule has 172 valence electrons. The van der Waals surface area contributed by atoms with E-state index in [1.54, 1.807) is 6.20 Å². The third-order valence-electron chi connectivity index (χ3n) is 6.70. The first-order valence-corrected chi connectivity index (χ1v) is 11.8. The molecule has 0 fully saturated rings. The third kappa shape index (κ3) is 3.83. The highest BCUT2D eigenvalue weighted by atomic mass is 16.2. The van der Waals surface area contributed by atoms with Crippen molar-refractivity contribution in [2.24, 2.45) is 7.05 Å². The summed E-state index contributed by atoms with van der Waals surface area (Å²) in [5.74, 6) is 0.840. The monoisotopic (exact) mass is 459 g/mol. The van der Waals surface area contributed by atoms with E-state index in [-0.39, 0.29) is 5.91 Å². The van der Waals surface area contributed by atoms with E-state index < -0.39 is 0 Å². The van der Waals surface area contributed by atoms with E-state index in [0.29, 0.717) is 18.7 Å². The van der Waals surface area contributed by atoms with Crippen molar-refractivity contribution in [3.8, 4) is 0 Å². The van der Waals surface area contributed by atoms with Gasteiger partial charge in [-0.3, -0.25) is 9.78 Å². The summed E-state index contributed by atoms with van der Waals surface area (Å²) in [6.45, 7) is 0.990. The van der Waals surface area contributed by atoms with Crippen LogP contribution in [0.3, 0.4) is 0 Å². The van der Waals surface area contributed by atoms with E-state index in [0.717, 1.165) is 39.7 Å². The Morgan fingerprint density at radius 2 is 1.66 bits per heavy atom. The van der Waals surface area contributed by atoms with E-state index in [9.17, 15) is 4.79 Å². The van der Waals surface area contributed by atoms with E-state index in [4.69, 9.17) is 4.98 Å². The molecule has 0 spiro atoms. The predicted octanol–water partition coefficient (Wildman–Crippen LogP) is 5.49. The molecule has 3 aromatic carbocycles. The number of pyridine rings is 1. The van der Waals surface area contributed by atoms with Crippen molar-refractivity contribution in [3.63, 3.8) is 0 Å². The molecule has 0 aliphatic heterocycles. The number of carbonyl (C=O) groups is 1. The van der Waals surface area contributed by atoms with Crippen molar-refractivity contribution in [1.82, 2.24) is 24.4 Å². The quantitative estimate of drug-likeness (QED) is 0.358. The zero-order valence-corrected chi connectivity index (χ0v) is 19.5. The van der Waals surface area contributed by atoms with Crippen molar-refractivity contribution < 1.29 is 4.79 Å². The Morgan fingerprint density at radius 1 is 0.914 bits per heavy atom. The van der Waals surface area contributed by atoms with Crippen LogP contribution in [0.15, 0.2) is 91.3 Å². The minimum Gasteiger partial charge on any atom is -0.361 e. The minimum absolute atomic E-state index is 0.0181. The molecule has 6 heteroatoms. The van der Waals surface area contributed by atoms with E-state index in [2.05, 4.69) is 32.7 Å². The number of fused-ring (bicyclic) bond motifs is 3. The fourth-order valence-electron chi connectivity index (χ4n) is 4.81. The molecule has 35 heavy (non-hydrogen) atoms. The second-order valence-electron chi connectivity index (χ2n) is 8.79. The van der Waals surface area contributed by atoms with Crippen LogP contribution >= 0.6 is 0 Å². The van der Waals surface area contributed by atoms with Gasteiger partial charge in [0.2, 0.25) is 0 Å². The normalized spacial score (nSPS) is 11.5. The van der Waals surface area contributed by atoms with Gasteiger partial charge in [-0.1, -0.05) is 48.5 Å². The van der Waals surface area contributed by atoms with Gasteiger partial charge in [0.1, 0.15) is 5.82 Å². The molecule has 6 aromatic rings. The molecular weight excluding hydrogens is 434 g/mol. The number of nitrogens with one attached hydrogen (secondary N) is 1. The van der Waals surface area contributed by atoms with Crippen molar-refractivity contribution in [3.05, 3.63) is 108 Å². The Morgan fingerprint density at radius 3 is 2.51 bits per heavy atom. The molecule has 3 heterocycles. The number of nitrogens with zero attached hydrogens (tertiary/aromatic N) is 4. The lowest BCUT2D eigenvalue weighted by Gasteiger charge is -2.23. The average Bonchev–Trinajstić information content (AvgIpc) is 3.46. The van der Waals surface area contributed by atoms with Crippen LogP contribution in [0.1, 0.15) is 21.7 Å². The number of amides is 1. The van der Waals surface area contributed by atoms with Gasteiger partial charge in [0, 0.05) is 42.3 Å². The Bertz CT molecular complexity index is 1670. The number of aryl methyl sites for hydroxylation is 1. The van der Waals surface area contributed by atoms with Gasteiger partial charge in [0.15, 0.2) is 0 Å². The van der Waals surface area contributed by atoms with Crippen molar-refractivity contribution in [2.75, 3.05) is 6.54 Å². The number of carbonyl (C=O) groups excluding carboxylic acids is 1. The number of aromatic nitrogens is 4. The molecule has 0 atom stereocenters. The maximum atomic E-state index is 14.0. The van der Waals surface area contributed by atoms with Crippen LogP contribution in [0, 0.1) is 0 Å². The van der Waals surface area contributed by atoms with Crippen LogP contribution in [0.2, 0.25) is 0 Å². The SMILES string of the molecule is Cn1c(CN(CCc2c[nH]c3ccccc23)C(=O)c2ccnc3ccccc23)nc2ccccc21. The number of hydrogen-bond donors (Lipinski definition) is 1. The maximum Gasteiger partial charge on any atom is 0.255 e. The molecule has 0 radical (unpaired) electrons. The molecule has 0 bridgehead atoms. The van der Waals surface area contributed by atoms with E-state index in [1.165, 1.54) is 10.9 Å². The molecule has 0 aliphatic carbocycles. The molecule has 1 amide bonds. The second-order valence-corrected chi connectivity index (χ2v) is 8.79. The van der Waals surface area contributed by atoms with Gasteiger partial charge >= 0.3 is 0 Å².